The van der Waals surface area contributed by atoms with E-state index in [0.29, 0.717) is 24.3 Å². The number of thiol groups is 1. The molecule has 4 rings (SSSR count). The SMILES string of the molecule is COc1ccc(CC(=O)N(CCc2ccc3ccccc3c2)C[C@@H]2C[C@H](S)CN2)cc1. The van der Waals surface area contributed by atoms with Crippen molar-refractivity contribution in [1.82, 2.24) is 10.2 Å². The molecule has 1 amide bonds. The van der Waals surface area contributed by atoms with E-state index in [1.165, 1.54) is 16.3 Å². The maximum atomic E-state index is 13.2. The van der Waals surface area contributed by atoms with Crippen LogP contribution < -0.4 is 10.1 Å². The van der Waals surface area contributed by atoms with E-state index in [9.17, 15) is 4.79 Å². The van der Waals surface area contributed by atoms with Crippen molar-refractivity contribution in [1.29, 1.82) is 0 Å². The molecule has 0 saturated carbocycles. The molecular formula is C26H30N2O2S. The molecule has 1 aliphatic heterocycles. The fourth-order valence-electron chi connectivity index (χ4n) is 4.21. The lowest BCUT2D eigenvalue weighted by atomic mass is 10.0. The first kappa shape index (κ1) is 21.7. The molecule has 0 unspecified atom stereocenters. The van der Waals surface area contributed by atoms with Crippen LogP contribution in [-0.4, -0.2) is 48.8 Å². The van der Waals surface area contributed by atoms with Crippen LogP contribution in [0.4, 0.5) is 0 Å². The fraction of sp³-hybridized carbons (Fsp3) is 0.346. The van der Waals surface area contributed by atoms with Gasteiger partial charge in [-0.1, -0.05) is 54.6 Å². The van der Waals surface area contributed by atoms with Crippen molar-refractivity contribution in [3.63, 3.8) is 0 Å². The molecule has 1 heterocycles. The third-order valence-electron chi connectivity index (χ3n) is 5.99. The van der Waals surface area contributed by atoms with E-state index in [2.05, 4.69) is 60.4 Å². The summed E-state index contributed by atoms with van der Waals surface area (Å²) in [5.74, 6) is 0.967. The van der Waals surface area contributed by atoms with E-state index in [4.69, 9.17) is 4.74 Å². The molecule has 1 saturated heterocycles. The minimum atomic E-state index is 0.162. The van der Waals surface area contributed by atoms with Gasteiger partial charge in [-0.2, -0.15) is 12.6 Å². The average Bonchev–Trinajstić information content (AvgIpc) is 3.21. The van der Waals surface area contributed by atoms with E-state index in [0.717, 1.165) is 37.2 Å². The van der Waals surface area contributed by atoms with Gasteiger partial charge >= 0.3 is 0 Å². The average molecular weight is 435 g/mol. The Morgan fingerprint density at radius 1 is 1.06 bits per heavy atom. The van der Waals surface area contributed by atoms with Crippen LogP contribution in [0.2, 0.25) is 0 Å². The summed E-state index contributed by atoms with van der Waals surface area (Å²) in [4.78, 5) is 15.2. The summed E-state index contributed by atoms with van der Waals surface area (Å²) in [5, 5.41) is 6.36. The number of hydrogen-bond acceptors (Lipinski definition) is 4. The summed E-state index contributed by atoms with van der Waals surface area (Å²) in [5.41, 5.74) is 2.26. The number of carbonyl (C=O) groups excluding carboxylic acids is 1. The van der Waals surface area contributed by atoms with Gasteiger partial charge in [0.25, 0.3) is 0 Å². The molecule has 1 N–H and O–H groups in total. The number of rotatable bonds is 8. The molecule has 4 nitrogen and oxygen atoms in total. The number of nitrogens with zero attached hydrogens (tertiary/aromatic N) is 1. The fourth-order valence-corrected chi connectivity index (χ4v) is 4.57. The molecule has 5 heteroatoms. The maximum absolute atomic E-state index is 13.2. The lowest BCUT2D eigenvalue weighted by Crippen LogP contribution is -2.42. The Morgan fingerprint density at radius 2 is 1.81 bits per heavy atom. The number of amides is 1. The normalized spacial score (nSPS) is 18.3. The standard InChI is InChI=1S/C26H30N2O2S/c1-30-24-10-7-19(8-11-24)15-26(29)28(18-23-16-25(31)17-27-23)13-12-20-6-9-21-4-2-3-5-22(21)14-20/h2-11,14,23,25,27,31H,12-13,15-18H2,1H3/t23-,25-/m0/s1. The monoisotopic (exact) mass is 434 g/mol. The van der Waals surface area contributed by atoms with E-state index >= 15 is 0 Å². The van der Waals surface area contributed by atoms with Gasteiger partial charge in [0.2, 0.25) is 5.91 Å². The highest BCUT2D eigenvalue weighted by molar-refractivity contribution is 7.81. The topological polar surface area (TPSA) is 41.6 Å². The summed E-state index contributed by atoms with van der Waals surface area (Å²) < 4.78 is 5.23. The van der Waals surface area contributed by atoms with Crippen molar-refractivity contribution in [2.24, 2.45) is 0 Å². The van der Waals surface area contributed by atoms with Gasteiger partial charge in [0.15, 0.2) is 0 Å². The van der Waals surface area contributed by atoms with Gasteiger partial charge in [0, 0.05) is 30.9 Å². The van der Waals surface area contributed by atoms with Crippen LogP contribution in [0, 0.1) is 0 Å². The third kappa shape index (κ3) is 5.81. The smallest absolute Gasteiger partial charge is 0.227 e. The van der Waals surface area contributed by atoms with Crippen LogP contribution >= 0.6 is 12.6 Å². The lowest BCUT2D eigenvalue weighted by molar-refractivity contribution is -0.130. The van der Waals surface area contributed by atoms with Gasteiger partial charge in [-0.25, -0.2) is 0 Å². The number of ether oxygens (including phenoxy) is 1. The number of nitrogens with one attached hydrogen (secondary N) is 1. The first-order valence-electron chi connectivity index (χ1n) is 10.9. The van der Waals surface area contributed by atoms with Crippen LogP contribution in [0.25, 0.3) is 10.8 Å². The summed E-state index contributed by atoms with van der Waals surface area (Å²) in [7, 11) is 1.65. The van der Waals surface area contributed by atoms with Gasteiger partial charge in [0.1, 0.15) is 5.75 Å². The number of benzene rings is 3. The van der Waals surface area contributed by atoms with Crippen molar-refractivity contribution in [2.75, 3.05) is 26.7 Å². The zero-order valence-electron chi connectivity index (χ0n) is 18.0. The molecule has 3 aromatic rings. The number of hydrogen-bond donors (Lipinski definition) is 2. The van der Waals surface area contributed by atoms with Crippen molar-refractivity contribution < 1.29 is 9.53 Å². The van der Waals surface area contributed by atoms with Gasteiger partial charge in [-0.3, -0.25) is 4.79 Å². The number of fused-ring (bicyclic) bond motifs is 1. The van der Waals surface area contributed by atoms with Crippen LogP contribution in [0.1, 0.15) is 17.5 Å². The Hall–Kier alpha value is -2.50. The van der Waals surface area contributed by atoms with Crippen LogP contribution in [0.5, 0.6) is 5.75 Å². The molecule has 3 aromatic carbocycles. The molecule has 0 aliphatic carbocycles. The van der Waals surface area contributed by atoms with Crippen LogP contribution in [-0.2, 0) is 17.6 Å². The predicted octanol–water partition coefficient (Wildman–Crippen LogP) is 4.12. The molecule has 0 radical (unpaired) electrons. The molecule has 1 aliphatic rings. The second-order valence-corrected chi connectivity index (χ2v) is 9.02. The molecule has 1 fully saturated rings. The first-order valence-corrected chi connectivity index (χ1v) is 11.4. The largest absolute Gasteiger partial charge is 0.497 e. The minimum absolute atomic E-state index is 0.162. The van der Waals surface area contributed by atoms with Crippen molar-refractivity contribution in [2.45, 2.75) is 30.6 Å². The third-order valence-corrected chi connectivity index (χ3v) is 6.38. The molecule has 162 valence electrons. The molecule has 0 spiro atoms. The maximum Gasteiger partial charge on any atom is 0.227 e. The van der Waals surface area contributed by atoms with Gasteiger partial charge < -0.3 is 15.0 Å². The van der Waals surface area contributed by atoms with Crippen molar-refractivity contribution in [3.05, 3.63) is 77.9 Å². The second kappa shape index (κ2) is 10.2. The lowest BCUT2D eigenvalue weighted by Gasteiger charge is -2.26. The molecular weight excluding hydrogens is 404 g/mol. The number of carbonyl (C=O) groups is 1. The number of methoxy groups -OCH3 is 1. The zero-order chi connectivity index (χ0) is 21.6. The van der Waals surface area contributed by atoms with Crippen LogP contribution in [0.3, 0.4) is 0 Å². The highest BCUT2D eigenvalue weighted by Crippen LogP contribution is 2.18. The molecule has 31 heavy (non-hydrogen) atoms. The predicted molar refractivity (Wildman–Crippen MR) is 130 cm³/mol. The Kier molecular flexibility index (Phi) is 7.15. The van der Waals surface area contributed by atoms with Crippen LogP contribution in [0.15, 0.2) is 66.7 Å². The summed E-state index contributed by atoms with van der Waals surface area (Å²) in [6.07, 6.45) is 2.24. The molecule has 0 aromatic heterocycles. The quantitative estimate of drug-likeness (QED) is 0.524. The zero-order valence-corrected chi connectivity index (χ0v) is 18.9. The van der Waals surface area contributed by atoms with E-state index in [1.54, 1.807) is 7.11 Å². The summed E-state index contributed by atoms with van der Waals surface area (Å²) in [6.45, 7) is 2.33. The van der Waals surface area contributed by atoms with Gasteiger partial charge in [-0.05, 0) is 46.9 Å². The van der Waals surface area contributed by atoms with Crippen molar-refractivity contribution in [3.8, 4) is 5.75 Å². The Labute approximate surface area is 190 Å². The van der Waals surface area contributed by atoms with Gasteiger partial charge in [0.05, 0.1) is 13.5 Å². The van der Waals surface area contributed by atoms with E-state index in [1.807, 2.05) is 29.2 Å². The Balaban J connectivity index is 1.44. The second-order valence-electron chi connectivity index (χ2n) is 8.29. The minimum Gasteiger partial charge on any atom is -0.497 e. The molecule has 0 bridgehead atoms. The summed E-state index contributed by atoms with van der Waals surface area (Å²) in [6, 6.07) is 23.0. The summed E-state index contributed by atoms with van der Waals surface area (Å²) >= 11 is 4.59. The highest BCUT2D eigenvalue weighted by atomic mass is 32.1. The molecule has 2 atom stereocenters. The Morgan fingerprint density at radius 3 is 2.52 bits per heavy atom. The highest BCUT2D eigenvalue weighted by Gasteiger charge is 2.25. The van der Waals surface area contributed by atoms with E-state index in [-0.39, 0.29) is 5.91 Å². The Bertz CT molecular complexity index is 1020. The van der Waals surface area contributed by atoms with Gasteiger partial charge in [-0.15, -0.1) is 0 Å². The first-order chi connectivity index (χ1) is 15.1. The van der Waals surface area contributed by atoms with Crippen molar-refractivity contribution >= 4 is 29.3 Å². The van der Waals surface area contributed by atoms with E-state index < -0.39 is 0 Å².